The molecule has 0 unspecified atom stereocenters. The van der Waals surface area contributed by atoms with E-state index < -0.39 is 11.9 Å². The molecule has 5 heteroatoms. The summed E-state index contributed by atoms with van der Waals surface area (Å²) in [5.74, 6) is 6.17. The zero-order chi connectivity index (χ0) is 21.5. The van der Waals surface area contributed by atoms with Crippen LogP contribution in [0.1, 0.15) is 31.8 Å². The summed E-state index contributed by atoms with van der Waals surface area (Å²) in [4.78, 5) is 23.7. The fourth-order valence-electron chi connectivity index (χ4n) is 2.86. The molecule has 5 nitrogen and oxygen atoms in total. The summed E-state index contributed by atoms with van der Waals surface area (Å²) in [5, 5.41) is 0. The molecule has 30 heavy (non-hydrogen) atoms. The Labute approximate surface area is 175 Å². The van der Waals surface area contributed by atoms with Gasteiger partial charge in [-0.3, -0.25) is 0 Å². The van der Waals surface area contributed by atoms with Crippen LogP contribution in [0.4, 0.5) is 0 Å². The summed E-state index contributed by atoms with van der Waals surface area (Å²) in [6.07, 6.45) is 0. The normalized spacial score (nSPS) is 9.83. The number of methoxy groups -OCH3 is 3. The molecule has 0 aliphatic heterocycles. The largest absolute Gasteiger partial charge is 0.497 e. The topological polar surface area (TPSA) is 61.8 Å². The first-order chi connectivity index (χ1) is 14.5. The lowest BCUT2D eigenvalue weighted by Crippen LogP contribution is -2.02. The van der Waals surface area contributed by atoms with Gasteiger partial charge in [0.25, 0.3) is 0 Å². The first-order valence-corrected chi connectivity index (χ1v) is 9.13. The highest BCUT2D eigenvalue weighted by Crippen LogP contribution is 2.25. The monoisotopic (exact) mass is 400 g/mol. The van der Waals surface area contributed by atoms with Gasteiger partial charge in [0, 0.05) is 11.1 Å². The second-order valence-corrected chi connectivity index (χ2v) is 6.30. The quantitative estimate of drug-likeness (QED) is 0.482. The van der Waals surface area contributed by atoms with Crippen LogP contribution in [0.2, 0.25) is 0 Å². The van der Waals surface area contributed by atoms with E-state index >= 15 is 0 Å². The summed E-state index contributed by atoms with van der Waals surface area (Å²) in [5.41, 5.74) is 4.04. The molecule has 0 spiro atoms. The Hall–Kier alpha value is -4.04. The lowest BCUT2D eigenvalue weighted by atomic mass is 9.96. The second-order valence-electron chi connectivity index (χ2n) is 6.30. The fourth-order valence-corrected chi connectivity index (χ4v) is 2.86. The molecule has 0 saturated heterocycles. The van der Waals surface area contributed by atoms with Crippen LogP contribution in [-0.2, 0) is 9.47 Å². The van der Waals surface area contributed by atoms with Gasteiger partial charge in [-0.1, -0.05) is 30.0 Å². The van der Waals surface area contributed by atoms with Crippen molar-refractivity contribution in [2.24, 2.45) is 0 Å². The first-order valence-electron chi connectivity index (χ1n) is 9.13. The van der Waals surface area contributed by atoms with Crippen molar-refractivity contribution in [3.63, 3.8) is 0 Å². The third-order valence-corrected chi connectivity index (χ3v) is 4.49. The molecule has 0 aliphatic rings. The molecule has 0 fully saturated rings. The van der Waals surface area contributed by atoms with Crippen LogP contribution in [0.15, 0.2) is 66.7 Å². The van der Waals surface area contributed by atoms with E-state index in [0.29, 0.717) is 16.7 Å². The predicted octanol–water partition coefficient (Wildman–Crippen LogP) is 4.34. The Morgan fingerprint density at radius 1 is 0.700 bits per heavy atom. The van der Waals surface area contributed by atoms with Crippen molar-refractivity contribution < 1.29 is 23.8 Å². The number of hydrogen-bond acceptors (Lipinski definition) is 5. The minimum Gasteiger partial charge on any atom is -0.497 e. The first kappa shape index (κ1) is 20.7. The SMILES string of the molecule is COC(=O)c1ccc(-c2ccc(C(=O)OC)cc2C#Cc2ccc(OC)cc2)cc1. The van der Waals surface area contributed by atoms with E-state index in [1.165, 1.54) is 14.2 Å². The van der Waals surface area contributed by atoms with Crippen molar-refractivity contribution in [2.75, 3.05) is 21.3 Å². The molecule has 0 radical (unpaired) electrons. The van der Waals surface area contributed by atoms with Gasteiger partial charge in [0.2, 0.25) is 0 Å². The van der Waals surface area contributed by atoms with Crippen LogP contribution >= 0.6 is 0 Å². The van der Waals surface area contributed by atoms with Crippen molar-refractivity contribution in [3.05, 3.63) is 89.0 Å². The zero-order valence-electron chi connectivity index (χ0n) is 16.9. The van der Waals surface area contributed by atoms with Crippen molar-refractivity contribution >= 4 is 11.9 Å². The van der Waals surface area contributed by atoms with E-state index in [1.54, 1.807) is 31.4 Å². The highest BCUT2D eigenvalue weighted by molar-refractivity contribution is 5.92. The maximum Gasteiger partial charge on any atom is 0.337 e. The van der Waals surface area contributed by atoms with Crippen molar-refractivity contribution in [3.8, 4) is 28.7 Å². The molecular formula is C25H20O5. The van der Waals surface area contributed by atoms with Crippen molar-refractivity contribution in [1.82, 2.24) is 0 Å². The van der Waals surface area contributed by atoms with E-state index in [1.807, 2.05) is 42.5 Å². The number of carbonyl (C=O) groups excluding carboxylic acids is 2. The fraction of sp³-hybridized carbons (Fsp3) is 0.120. The van der Waals surface area contributed by atoms with Crippen LogP contribution in [0.25, 0.3) is 11.1 Å². The van der Waals surface area contributed by atoms with E-state index in [9.17, 15) is 9.59 Å². The van der Waals surface area contributed by atoms with Gasteiger partial charge in [-0.15, -0.1) is 0 Å². The van der Waals surface area contributed by atoms with Crippen molar-refractivity contribution in [2.45, 2.75) is 0 Å². The van der Waals surface area contributed by atoms with Gasteiger partial charge in [0.05, 0.1) is 32.5 Å². The summed E-state index contributed by atoms with van der Waals surface area (Å²) < 4.78 is 14.7. The Morgan fingerprint density at radius 3 is 1.90 bits per heavy atom. The molecule has 0 saturated carbocycles. The molecule has 0 amide bonds. The molecule has 0 aromatic heterocycles. The van der Waals surface area contributed by atoms with Crippen LogP contribution in [0.5, 0.6) is 5.75 Å². The number of rotatable bonds is 4. The molecular weight excluding hydrogens is 380 g/mol. The van der Waals surface area contributed by atoms with E-state index in [-0.39, 0.29) is 0 Å². The molecule has 0 aliphatic carbocycles. The minimum atomic E-state index is -0.435. The summed E-state index contributed by atoms with van der Waals surface area (Å²) in [7, 11) is 4.29. The molecule has 0 atom stereocenters. The Balaban J connectivity index is 2.03. The molecule has 0 N–H and O–H groups in total. The number of ether oxygens (including phenoxy) is 3. The predicted molar refractivity (Wildman–Crippen MR) is 114 cm³/mol. The van der Waals surface area contributed by atoms with Crippen LogP contribution < -0.4 is 4.74 Å². The van der Waals surface area contributed by atoms with Gasteiger partial charge in [-0.25, -0.2) is 9.59 Å². The molecule has 3 aromatic rings. The summed E-state index contributed by atoms with van der Waals surface area (Å²) >= 11 is 0. The third kappa shape index (κ3) is 4.68. The minimum absolute atomic E-state index is 0.401. The standard InChI is InChI=1S/C25H20O5/c1-28-22-13-5-17(6-14-22)4-7-20-16-21(25(27)30-3)12-15-23(20)18-8-10-19(11-9-18)24(26)29-2/h5-6,8-16H,1-3H3. The Bertz CT molecular complexity index is 1120. The van der Waals surface area contributed by atoms with Crippen LogP contribution in [0.3, 0.4) is 0 Å². The molecule has 3 aromatic carbocycles. The average Bonchev–Trinajstić information content (AvgIpc) is 2.82. The van der Waals surface area contributed by atoms with Gasteiger partial charge in [-0.05, 0) is 59.7 Å². The molecule has 0 bridgehead atoms. The zero-order valence-corrected chi connectivity index (χ0v) is 16.9. The van der Waals surface area contributed by atoms with Gasteiger partial charge in [-0.2, -0.15) is 0 Å². The smallest absolute Gasteiger partial charge is 0.337 e. The van der Waals surface area contributed by atoms with Gasteiger partial charge in [0.15, 0.2) is 0 Å². The summed E-state index contributed by atoms with van der Waals surface area (Å²) in [6, 6.07) is 19.6. The number of hydrogen-bond donors (Lipinski definition) is 0. The molecule has 0 heterocycles. The molecule has 3 rings (SSSR count). The van der Waals surface area contributed by atoms with Gasteiger partial charge < -0.3 is 14.2 Å². The lowest BCUT2D eigenvalue weighted by Gasteiger charge is -2.08. The van der Waals surface area contributed by atoms with Gasteiger partial charge >= 0.3 is 11.9 Å². The Morgan fingerprint density at radius 2 is 1.30 bits per heavy atom. The second kappa shape index (κ2) is 9.44. The maximum atomic E-state index is 12.0. The lowest BCUT2D eigenvalue weighted by molar-refractivity contribution is 0.0592. The van der Waals surface area contributed by atoms with Crippen molar-refractivity contribution in [1.29, 1.82) is 0 Å². The number of esters is 2. The van der Waals surface area contributed by atoms with Crippen LogP contribution in [-0.4, -0.2) is 33.3 Å². The number of benzene rings is 3. The van der Waals surface area contributed by atoms with E-state index in [2.05, 4.69) is 11.8 Å². The molecule has 150 valence electrons. The van der Waals surface area contributed by atoms with E-state index in [4.69, 9.17) is 14.2 Å². The third-order valence-electron chi connectivity index (χ3n) is 4.49. The van der Waals surface area contributed by atoms with Gasteiger partial charge in [0.1, 0.15) is 5.75 Å². The Kier molecular flexibility index (Phi) is 6.51. The maximum absolute atomic E-state index is 12.0. The average molecular weight is 400 g/mol. The van der Waals surface area contributed by atoms with Crippen LogP contribution in [0, 0.1) is 11.8 Å². The summed E-state index contributed by atoms with van der Waals surface area (Å²) in [6.45, 7) is 0. The highest BCUT2D eigenvalue weighted by atomic mass is 16.5. The number of carbonyl (C=O) groups is 2. The highest BCUT2D eigenvalue weighted by Gasteiger charge is 2.11. The van der Waals surface area contributed by atoms with E-state index in [0.717, 1.165) is 22.4 Å².